The Morgan fingerprint density at radius 2 is 1.89 bits per heavy atom. The van der Waals surface area contributed by atoms with E-state index < -0.39 is 0 Å². The van der Waals surface area contributed by atoms with E-state index in [-0.39, 0.29) is 5.76 Å². The van der Waals surface area contributed by atoms with E-state index in [4.69, 9.17) is 17.0 Å². The zero-order valence-electron chi connectivity index (χ0n) is 15.5. The van der Waals surface area contributed by atoms with E-state index in [2.05, 4.69) is 21.2 Å². The van der Waals surface area contributed by atoms with Crippen LogP contribution in [0.15, 0.2) is 77.5 Å². The lowest BCUT2D eigenvalue weighted by atomic mass is 10.1. The van der Waals surface area contributed by atoms with E-state index in [1.165, 1.54) is 0 Å². The number of pyridine rings is 1. The van der Waals surface area contributed by atoms with E-state index in [9.17, 15) is 5.11 Å². The molecule has 2 aromatic carbocycles. The summed E-state index contributed by atoms with van der Waals surface area (Å²) in [6.45, 7) is 1.97. The fourth-order valence-electron chi connectivity index (χ4n) is 2.73. The number of hydrogen-bond donors (Lipinski definition) is 1. The number of nitrogens with zero attached hydrogens (tertiary/aromatic N) is 1. The van der Waals surface area contributed by atoms with Gasteiger partial charge in [0.25, 0.3) is 0 Å². The van der Waals surface area contributed by atoms with Crippen molar-refractivity contribution in [2.45, 2.75) is 6.92 Å². The van der Waals surface area contributed by atoms with Gasteiger partial charge in [-0.05, 0) is 42.5 Å². The molecule has 0 spiro atoms. The van der Waals surface area contributed by atoms with Gasteiger partial charge in [-0.2, -0.15) is 4.57 Å². The largest absolute Gasteiger partial charge is 0.867 e. The third kappa shape index (κ3) is 4.58. The van der Waals surface area contributed by atoms with Crippen molar-refractivity contribution >= 4 is 50.3 Å². The van der Waals surface area contributed by atoms with Crippen LogP contribution in [0.25, 0.3) is 11.5 Å². The first kappa shape index (κ1) is 20.0. The average molecular weight is 455 g/mol. The van der Waals surface area contributed by atoms with E-state index in [0.717, 1.165) is 15.7 Å². The van der Waals surface area contributed by atoms with Crippen molar-refractivity contribution in [3.05, 3.63) is 88.7 Å². The molecule has 0 fully saturated rings. The summed E-state index contributed by atoms with van der Waals surface area (Å²) in [5, 5.41) is 16.6. The highest BCUT2D eigenvalue weighted by molar-refractivity contribution is 9.10. The maximum absolute atomic E-state index is 13.4. The van der Waals surface area contributed by atoms with Crippen LogP contribution in [0, 0.1) is 6.92 Å². The standard InChI is InChI=1S/C22H19BrN2O2S/c1-15-7-6-12-25(14-15)20(21(26)18-10-3-4-11-19(18)23)22(28)24-16-8-5-9-17(13-16)27-2/h3-14H,1-2H3,(H-,24,26,28). The molecule has 4 nitrogen and oxygen atoms in total. The van der Waals surface area contributed by atoms with E-state index in [1.54, 1.807) is 17.7 Å². The van der Waals surface area contributed by atoms with Crippen molar-refractivity contribution in [1.82, 2.24) is 0 Å². The first-order valence-electron chi connectivity index (χ1n) is 8.59. The highest BCUT2D eigenvalue weighted by atomic mass is 79.9. The highest BCUT2D eigenvalue weighted by Gasteiger charge is 2.20. The van der Waals surface area contributed by atoms with Crippen LogP contribution in [0.4, 0.5) is 5.69 Å². The van der Waals surface area contributed by atoms with Gasteiger partial charge in [-0.25, -0.2) is 0 Å². The Balaban J connectivity index is 2.09. The summed E-state index contributed by atoms with van der Waals surface area (Å²) in [6, 6.07) is 18.6. The van der Waals surface area contributed by atoms with Gasteiger partial charge in [-0.1, -0.05) is 52.4 Å². The van der Waals surface area contributed by atoms with Gasteiger partial charge in [0.15, 0.2) is 17.4 Å². The Morgan fingerprint density at radius 3 is 2.61 bits per heavy atom. The first-order chi connectivity index (χ1) is 13.5. The fraction of sp³-hybridized carbons (Fsp3) is 0.0909. The number of methoxy groups -OCH3 is 1. The third-order valence-electron chi connectivity index (χ3n) is 4.08. The lowest BCUT2D eigenvalue weighted by molar-refractivity contribution is -0.578. The summed E-state index contributed by atoms with van der Waals surface area (Å²) >= 11 is 9.10. The topological polar surface area (TPSA) is 48.2 Å². The molecule has 0 saturated carbocycles. The molecule has 3 rings (SSSR count). The molecule has 0 radical (unpaired) electrons. The first-order valence-corrected chi connectivity index (χ1v) is 9.79. The van der Waals surface area contributed by atoms with E-state index >= 15 is 0 Å². The van der Waals surface area contributed by atoms with Crippen molar-refractivity contribution in [1.29, 1.82) is 0 Å². The fourth-order valence-corrected chi connectivity index (χ4v) is 3.51. The monoisotopic (exact) mass is 454 g/mol. The lowest BCUT2D eigenvalue weighted by Gasteiger charge is -2.18. The maximum Gasteiger partial charge on any atom is 0.238 e. The van der Waals surface area contributed by atoms with Gasteiger partial charge in [0.2, 0.25) is 5.70 Å². The Bertz CT molecular complexity index is 1050. The van der Waals surface area contributed by atoms with Gasteiger partial charge in [0, 0.05) is 27.9 Å². The average Bonchev–Trinajstić information content (AvgIpc) is 2.68. The summed E-state index contributed by atoms with van der Waals surface area (Å²) < 4.78 is 7.74. The molecule has 0 unspecified atom stereocenters. The molecule has 1 aromatic heterocycles. The van der Waals surface area contributed by atoms with Crippen molar-refractivity contribution in [2.24, 2.45) is 0 Å². The lowest BCUT2D eigenvalue weighted by Crippen LogP contribution is -2.40. The molecule has 6 heteroatoms. The summed E-state index contributed by atoms with van der Waals surface area (Å²) in [6.07, 6.45) is 3.69. The van der Waals surface area contributed by atoms with E-state index in [1.807, 2.05) is 73.9 Å². The van der Waals surface area contributed by atoms with Crippen LogP contribution in [0.1, 0.15) is 11.1 Å². The number of nitrogens with one attached hydrogen (secondary N) is 1. The Hall–Kier alpha value is -2.70. The van der Waals surface area contributed by atoms with Crippen molar-refractivity contribution in [3.8, 4) is 5.75 Å². The molecule has 1 heterocycles. The van der Waals surface area contributed by atoms with E-state index in [0.29, 0.717) is 22.0 Å². The van der Waals surface area contributed by atoms with Crippen LogP contribution < -0.4 is 19.7 Å². The van der Waals surface area contributed by atoms with Crippen molar-refractivity contribution in [2.75, 3.05) is 12.4 Å². The SMILES string of the molecule is COc1cccc(NC(=S)C(=C([O-])c2ccccc2Br)[n+]2cccc(C)c2)c1. The number of ether oxygens (including phenoxy) is 1. The molecular formula is C22H19BrN2O2S. The zero-order chi connectivity index (χ0) is 20.1. The maximum atomic E-state index is 13.4. The highest BCUT2D eigenvalue weighted by Crippen LogP contribution is 2.25. The van der Waals surface area contributed by atoms with Gasteiger partial charge in [0.1, 0.15) is 5.75 Å². The quantitative estimate of drug-likeness (QED) is 0.272. The number of thiocarbonyl (C=S) groups is 1. The number of anilines is 1. The molecule has 0 atom stereocenters. The molecule has 0 aliphatic carbocycles. The number of halogens is 1. The van der Waals surface area contributed by atoms with Gasteiger partial charge < -0.3 is 15.2 Å². The second-order valence-electron chi connectivity index (χ2n) is 6.13. The van der Waals surface area contributed by atoms with Crippen LogP contribution in [-0.4, -0.2) is 12.1 Å². The summed E-state index contributed by atoms with van der Waals surface area (Å²) in [5.41, 5.74) is 2.67. The van der Waals surface area contributed by atoms with Crippen LogP contribution >= 0.6 is 28.1 Å². The summed E-state index contributed by atoms with van der Waals surface area (Å²) in [5.74, 6) is 0.526. The van der Waals surface area contributed by atoms with Crippen molar-refractivity contribution in [3.63, 3.8) is 0 Å². The Morgan fingerprint density at radius 1 is 1.11 bits per heavy atom. The number of hydrogen-bond acceptors (Lipinski definition) is 3. The smallest absolute Gasteiger partial charge is 0.238 e. The van der Waals surface area contributed by atoms with Gasteiger partial charge in [-0.3, -0.25) is 0 Å². The number of rotatable bonds is 5. The van der Waals surface area contributed by atoms with Crippen LogP contribution in [0.3, 0.4) is 0 Å². The summed E-state index contributed by atoms with van der Waals surface area (Å²) in [4.78, 5) is 0.324. The molecule has 0 saturated heterocycles. The van der Waals surface area contributed by atoms with Crippen molar-refractivity contribution < 1.29 is 14.4 Å². The summed E-state index contributed by atoms with van der Waals surface area (Å²) in [7, 11) is 1.61. The van der Waals surface area contributed by atoms with Crippen LogP contribution in [0.2, 0.25) is 0 Å². The second-order valence-corrected chi connectivity index (χ2v) is 7.39. The van der Waals surface area contributed by atoms with Gasteiger partial charge >= 0.3 is 0 Å². The molecule has 0 bridgehead atoms. The normalized spacial score (nSPS) is 11.5. The molecule has 0 aliphatic rings. The van der Waals surface area contributed by atoms with Crippen LogP contribution in [-0.2, 0) is 0 Å². The molecule has 0 aliphatic heterocycles. The number of aromatic nitrogens is 1. The van der Waals surface area contributed by atoms with Gasteiger partial charge in [-0.15, -0.1) is 0 Å². The molecule has 0 amide bonds. The third-order valence-corrected chi connectivity index (χ3v) is 5.07. The molecule has 3 aromatic rings. The second kappa shape index (κ2) is 8.99. The Labute approximate surface area is 178 Å². The number of aryl methyl sites for hydroxylation is 1. The minimum absolute atomic E-state index is 0.177. The molecule has 142 valence electrons. The minimum Gasteiger partial charge on any atom is -0.867 e. The predicted molar refractivity (Wildman–Crippen MR) is 118 cm³/mol. The molecule has 28 heavy (non-hydrogen) atoms. The zero-order valence-corrected chi connectivity index (χ0v) is 17.9. The minimum atomic E-state index is -0.177. The number of benzene rings is 2. The van der Waals surface area contributed by atoms with Crippen LogP contribution in [0.5, 0.6) is 5.75 Å². The van der Waals surface area contributed by atoms with Gasteiger partial charge in [0.05, 0.1) is 7.11 Å². The molecular weight excluding hydrogens is 436 g/mol. The Kier molecular flexibility index (Phi) is 6.44. The molecule has 1 N–H and O–H groups in total. The predicted octanol–water partition coefficient (Wildman–Crippen LogP) is 4.18.